The molecule has 4 rings (SSSR count). The van der Waals surface area contributed by atoms with E-state index in [4.69, 9.17) is 9.47 Å². The van der Waals surface area contributed by atoms with E-state index in [0.29, 0.717) is 17.4 Å². The van der Waals surface area contributed by atoms with Crippen LogP contribution in [0.1, 0.15) is 19.3 Å². The molecule has 0 saturated carbocycles. The van der Waals surface area contributed by atoms with Gasteiger partial charge in [-0.1, -0.05) is 18.7 Å². The molecule has 2 heterocycles. The largest absolute Gasteiger partial charge is 0.436 e. The highest BCUT2D eigenvalue weighted by Gasteiger charge is 2.19. The van der Waals surface area contributed by atoms with Crippen molar-refractivity contribution in [2.75, 3.05) is 37.4 Å². The number of aromatic nitrogens is 2. The van der Waals surface area contributed by atoms with Gasteiger partial charge in [0, 0.05) is 17.5 Å². The first-order chi connectivity index (χ1) is 17.0. The SMILES string of the molecule is C=CC(=O)Nc1cccc(Oc2nc(NC3=CC(OCC4CCN(C)CC4)CC=C3)ncc2F)c1. The quantitative estimate of drug-likeness (QED) is 0.512. The molecule has 1 aromatic carbocycles. The van der Waals surface area contributed by atoms with Crippen molar-refractivity contribution in [3.8, 4) is 11.6 Å². The number of piperidine rings is 1. The molecule has 2 aliphatic rings. The van der Waals surface area contributed by atoms with Gasteiger partial charge in [0.25, 0.3) is 5.88 Å². The molecule has 1 unspecified atom stereocenters. The van der Waals surface area contributed by atoms with Crippen molar-refractivity contribution in [2.24, 2.45) is 5.92 Å². The Labute approximate surface area is 204 Å². The number of nitrogens with zero attached hydrogens (tertiary/aromatic N) is 3. The first-order valence-electron chi connectivity index (χ1n) is 11.7. The van der Waals surface area contributed by atoms with Crippen LogP contribution in [0.3, 0.4) is 0 Å². The van der Waals surface area contributed by atoms with Gasteiger partial charge in [0.15, 0.2) is 0 Å². The number of carbonyl (C=O) groups excluding carboxylic acids is 1. The van der Waals surface area contributed by atoms with Gasteiger partial charge in [0.2, 0.25) is 17.7 Å². The van der Waals surface area contributed by atoms with Gasteiger partial charge in [-0.2, -0.15) is 9.37 Å². The Bertz CT molecular complexity index is 1110. The molecule has 1 atom stereocenters. The summed E-state index contributed by atoms with van der Waals surface area (Å²) in [5.41, 5.74) is 1.26. The highest BCUT2D eigenvalue weighted by molar-refractivity contribution is 5.98. The van der Waals surface area contributed by atoms with E-state index in [-0.39, 0.29) is 23.8 Å². The van der Waals surface area contributed by atoms with Crippen molar-refractivity contribution in [2.45, 2.75) is 25.4 Å². The number of hydrogen-bond donors (Lipinski definition) is 2. The van der Waals surface area contributed by atoms with Crippen LogP contribution < -0.4 is 15.4 Å². The predicted octanol–water partition coefficient (Wildman–Crippen LogP) is 4.52. The Morgan fingerprint density at radius 3 is 2.97 bits per heavy atom. The van der Waals surface area contributed by atoms with Gasteiger partial charge < -0.3 is 25.0 Å². The fourth-order valence-electron chi connectivity index (χ4n) is 3.90. The Hall–Kier alpha value is -3.56. The lowest BCUT2D eigenvalue weighted by Gasteiger charge is -2.29. The van der Waals surface area contributed by atoms with Crippen LogP contribution in [0.4, 0.5) is 16.0 Å². The third-order valence-corrected chi connectivity index (χ3v) is 5.88. The topological polar surface area (TPSA) is 88.6 Å². The first kappa shape index (κ1) is 24.6. The van der Waals surface area contributed by atoms with Crippen molar-refractivity contribution in [3.05, 3.63) is 72.9 Å². The highest BCUT2D eigenvalue weighted by atomic mass is 19.1. The van der Waals surface area contributed by atoms with Crippen LogP contribution >= 0.6 is 0 Å². The second kappa shape index (κ2) is 11.7. The van der Waals surface area contributed by atoms with E-state index in [1.165, 1.54) is 0 Å². The minimum atomic E-state index is -0.705. The molecule has 184 valence electrons. The summed E-state index contributed by atoms with van der Waals surface area (Å²) < 4.78 is 26.1. The zero-order valence-corrected chi connectivity index (χ0v) is 19.7. The van der Waals surface area contributed by atoms with E-state index in [2.05, 4.69) is 39.1 Å². The van der Waals surface area contributed by atoms with Crippen LogP contribution in [0, 0.1) is 11.7 Å². The average molecular weight is 480 g/mol. The van der Waals surface area contributed by atoms with Gasteiger partial charge in [0.05, 0.1) is 18.9 Å². The normalized spacial score (nSPS) is 18.6. The third kappa shape index (κ3) is 7.21. The number of anilines is 2. The van der Waals surface area contributed by atoms with Crippen molar-refractivity contribution in [1.29, 1.82) is 0 Å². The predicted molar refractivity (Wildman–Crippen MR) is 133 cm³/mol. The molecule has 8 nitrogen and oxygen atoms in total. The van der Waals surface area contributed by atoms with Crippen LogP contribution in [0.25, 0.3) is 0 Å². The maximum Gasteiger partial charge on any atom is 0.260 e. The summed E-state index contributed by atoms with van der Waals surface area (Å²) in [7, 11) is 2.15. The minimum absolute atomic E-state index is 0.0353. The number of amides is 1. The van der Waals surface area contributed by atoms with Crippen LogP contribution in [-0.4, -0.2) is 53.6 Å². The van der Waals surface area contributed by atoms with Crippen molar-refractivity contribution in [3.63, 3.8) is 0 Å². The summed E-state index contributed by atoms with van der Waals surface area (Å²) in [5, 5.41) is 5.73. The summed E-state index contributed by atoms with van der Waals surface area (Å²) in [6, 6.07) is 6.56. The molecule has 1 aromatic heterocycles. The van der Waals surface area contributed by atoms with E-state index >= 15 is 0 Å². The molecular formula is C26H30FN5O3. The molecule has 1 saturated heterocycles. The number of hydrogen-bond acceptors (Lipinski definition) is 7. The lowest BCUT2D eigenvalue weighted by Crippen LogP contribution is -2.32. The monoisotopic (exact) mass is 479 g/mol. The fourth-order valence-corrected chi connectivity index (χ4v) is 3.90. The number of allylic oxidation sites excluding steroid dienone is 1. The zero-order chi connectivity index (χ0) is 24.6. The molecule has 1 aliphatic carbocycles. The fraction of sp³-hybridized carbons (Fsp3) is 0.346. The standard InChI is InChI=1S/C26H30FN5O3/c1-3-24(33)29-19-6-5-9-22(15-19)35-25-23(27)16-28-26(31-25)30-20-7-4-8-21(14-20)34-17-18-10-12-32(2)13-11-18/h3-7,9,14-16,18,21H,1,8,10-13,17H2,2H3,(H,29,33)(H,28,30,31). The van der Waals surface area contributed by atoms with E-state index in [1.54, 1.807) is 24.3 Å². The van der Waals surface area contributed by atoms with Gasteiger partial charge in [-0.25, -0.2) is 4.98 Å². The van der Waals surface area contributed by atoms with Gasteiger partial charge in [0.1, 0.15) is 5.75 Å². The number of nitrogens with one attached hydrogen (secondary N) is 2. The molecule has 0 spiro atoms. The molecule has 1 fully saturated rings. The number of ether oxygens (including phenoxy) is 2. The molecule has 35 heavy (non-hydrogen) atoms. The van der Waals surface area contributed by atoms with Crippen molar-refractivity contribution in [1.82, 2.24) is 14.9 Å². The van der Waals surface area contributed by atoms with Gasteiger partial charge in [-0.05, 0) is 75.7 Å². The van der Waals surface area contributed by atoms with E-state index < -0.39 is 5.82 Å². The van der Waals surface area contributed by atoms with Gasteiger partial charge >= 0.3 is 0 Å². The molecule has 2 aromatic rings. The number of likely N-dealkylation sites (tertiary alicyclic amines) is 1. The van der Waals surface area contributed by atoms with Crippen LogP contribution in [0.5, 0.6) is 11.6 Å². The Morgan fingerprint density at radius 1 is 1.34 bits per heavy atom. The summed E-state index contributed by atoms with van der Waals surface area (Å²) in [6.45, 7) is 6.39. The lowest BCUT2D eigenvalue weighted by atomic mass is 9.98. The van der Waals surface area contributed by atoms with Crippen molar-refractivity contribution < 1.29 is 18.7 Å². The van der Waals surface area contributed by atoms with E-state index in [9.17, 15) is 9.18 Å². The smallest absolute Gasteiger partial charge is 0.260 e. The summed E-state index contributed by atoms with van der Waals surface area (Å²) in [6.07, 6.45) is 11.2. The molecule has 1 amide bonds. The lowest BCUT2D eigenvalue weighted by molar-refractivity contribution is -0.111. The van der Waals surface area contributed by atoms with Crippen molar-refractivity contribution >= 4 is 17.5 Å². The van der Waals surface area contributed by atoms with Crippen LogP contribution in [-0.2, 0) is 9.53 Å². The second-order valence-corrected chi connectivity index (χ2v) is 8.67. The average Bonchev–Trinajstić information content (AvgIpc) is 2.86. The first-order valence-corrected chi connectivity index (χ1v) is 11.7. The molecule has 2 N–H and O–H groups in total. The summed E-state index contributed by atoms with van der Waals surface area (Å²) >= 11 is 0. The molecule has 1 aliphatic heterocycles. The zero-order valence-electron chi connectivity index (χ0n) is 19.7. The van der Waals surface area contributed by atoms with E-state index in [0.717, 1.165) is 56.9 Å². The number of benzene rings is 1. The molecule has 9 heteroatoms. The Morgan fingerprint density at radius 2 is 2.17 bits per heavy atom. The number of rotatable bonds is 9. The summed E-state index contributed by atoms with van der Waals surface area (Å²) in [4.78, 5) is 22.1. The van der Waals surface area contributed by atoms with E-state index in [1.807, 2.05) is 18.2 Å². The van der Waals surface area contributed by atoms with Gasteiger partial charge in [-0.3, -0.25) is 4.79 Å². The van der Waals surface area contributed by atoms with Crippen LogP contribution in [0.2, 0.25) is 0 Å². The maximum atomic E-state index is 14.4. The molecule has 0 bridgehead atoms. The molecular weight excluding hydrogens is 449 g/mol. The third-order valence-electron chi connectivity index (χ3n) is 5.88. The molecule has 0 radical (unpaired) electrons. The second-order valence-electron chi connectivity index (χ2n) is 8.67. The Kier molecular flexibility index (Phi) is 8.23. The number of halogens is 1. The van der Waals surface area contributed by atoms with Crippen LogP contribution in [0.15, 0.2) is 67.0 Å². The Balaban J connectivity index is 1.37. The minimum Gasteiger partial charge on any atom is -0.436 e. The highest BCUT2D eigenvalue weighted by Crippen LogP contribution is 2.26. The maximum absolute atomic E-state index is 14.4. The number of carbonyl (C=O) groups is 1. The van der Waals surface area contributed by atoms with Gasteiger partial charge in [-0.15, -0.1) is 0 Å². The summed E-state index contributed by atoms with van der Waals surface area (Å²) in [5.74, 6) is -0.192.